The van der Waals surface area contributed by atoms with Crippen LogP contribution in [0.5, 0.6) is 0 Å². The lowest BCUT2D eigenvalue weighted by atomic mass is 9.89. The maximum absolute atomic E-state index is 13.2. The Morgan fingerprint density at radius 3 is 2.35 bits per heavy atom. The predicted octanol–water partition coefficient (Wildman–Crippen LogP) is 3.10. The lowest BCUT2D eigenvalue weighted by Crippen LogP contribution is -2.37. The number of alkyl halides is 3. The Labute approximate surface area is 97.1 Å². The molecule has 1 aliphatic carbocycles. The van der Waals surface area contributed by atoms with E-state index in [4.69, 9.17) is 0 Å². The fourth-order valence-electron chi connectivity index (χ4n) is 1.88. The fraction of sp³-hybridized carbons (Fsp3) is 0.727. The first kappa shape index (κ1) is 14.0. The molecule has 0 radical (unpaired) electrons. The fourth-order valence-corrected chi connectivity index (χ4v) is 1.88. The number of carbonyl (C=O) groups is 1. The van der Waals surface area contributed by atoms with E-state index in [0.29, 0.717) is 0 Å². The zero-order valence-corrected chi connectivity index (χ0v) is 9.32. The standard InChI is InChI=1S/C11H15F4NO/c12-9(6-8-4-2-1-3-5-8)7-16-10(17)11(13,14)15/h6,8H,1-5,7H2,(H,16,17)/b9-6-. The predicted molar refractivity (Wildman–Crippen MR) is 54.8 cm³/mol. The topological polar surface area (TPSA) is 29.1 Å². The molecule has 0 aromatic heterocycles. The minimum absolute atomic E-state index is 0.0894. The minimum Gasteiger partial charge on any atom is -0.342 e. The first-order valence-electron chi connectivity index (χ1n) is 5.61. The van der Waals surface area contributed by atoms with Crippen molar-refractivity contribution < 1.29 is 22.4 Å². The summed E-state index contributed by atoms with van der Waals surface area (Å²) in [7, 11) is 0. The maximum atomic E-state index is 13.2. The zero-order valence-electron chi connectivity index (χ0n) is 9.32. The summed E-state index contributed by atoms with van der Waals surface area (Å²) in [4.78, 5) is 10.4. The summed E-state index contributed by atoms with van der Waals surface area (Å²) in [6.07, 6.45) is 1.26. The van der Waals surface area contributed by atoms with Crippen molar-refractivity contribution in [1.82, 2.24) is 5.32 Å². The molecule has 1 rings (SSSR count). The van der Waals surface area contributed by atoms with Gasteiger partial charge in [-0.3, -0.25) is 4.79 Å². The third-order valence-electron chi connectivity index (χ3n) is 2.74. The van der Waals surface area contributed by atoms with Crippen LogP contribution in [0.4, 0.5) is 17.6 Å². The van der Waals surface area contributed by atoms with Crippen LogP contribution in [0.15, 0.2) is 11.9 Å². The normalized spacial score (nSPS) is 19.2. The van der Waals surface area contributed by atoms with Crippen molar-refractivity contribution in [2.24, 2.45) is 5.92 Å². The van der Waals surface area contributed by atoms with E-state index < -0.39 is 24.5 Å². The number of allylic oxidation sites excluding steroid dienone is 1. The van der Waals surface area contributed by atoms with Crippen LogP contribution in [0.2, 0.25) is 0 Å². The van der Waals surface area contributed by atoms with Gasteiger partial charge in [-0.25, -0.2) is 4.39 Å². The first-order chi connectivity index (χ1) is 7.89. The summed E-state index contributed by atoms with van der Waals surface area (Å²) in [5.74, 6) is -2.72. The molecule has 0 bridgehead atoms. The molecule has 0 saturated heterocycles. The molecule has 1 amide bonds. The smallest absolute Gasteiger partial charge is 0.342 e. The van der Waals surface area contributed by atoms with Crippen molar-refractivity contribution in [1.29, 1.82) is 0 Å². The second-order valence-electron chi connectivity index (χ2n) is 4.19. The molecule has 0 aliphatic heterocycles. The van der Waals surface area contributed by atoms with Gasteiger partial charge in [-0.2, -0.15) is 13.2 Å². The Hall–Kier alpha value is -1.07. The van der Waals surface area contributed by atoms with Crippen molar-refractivity contribution >= 4 is 5.91 Å². The molecule has 0 spiro atoms. The van der Waals surface area contributed by atoms with Crippen LogP contribution in [0.25, 0.3) is 0 Å². The number of hydrogen-bond acceptors (Lipinski definition) is 1. The summed E-state index contributed by atoms with van der Waals surface area (Å²) in [5, 5.41) is 1.50. The molecular weight excluding hydrogens is 238 g/mol. The van der Waals surface area contributed by atoms with Gasteiger partial charge in [0.25, 0.3) is 0 Å². The van der Waals surface area contributed by atoms with Crippen LogP contribution in [-0.4, -0.2) is 18.6 Å². The maximum Gasteiger partial charge on any atom is 0.471 e. The highest BCUT2D eigenvalue weighted by Gasteiger charge is 2.38. The summed E-state index contributed by atoms with van der Waals surface area (Å²) in [5.41, 5.74) is 0. The number of halogens is 4. The molecule has 6 heteroatoms. The second kappa shape index (κ2) is 6.02. The Morgan fingerprint density at radius 1 is 1.24 bits per heavy atom. The van der Waals surface area contributed by atoms with Crippen LogP contribution >= 0.6 is 0 Å². The van der Waals surface area contributed by atoms with Gasteiger partial charge in [-0.15, -0.1) is 0 Å². The third kappa shape index (κ3) is 5.19. The first-order valence-corrected chi connectivity index (χ1v) is 5.61. The van der Waals surface area contributed by atoms with E-state index in [1.54, 1.807) is 0 Å². The molecule has 1 N–H and O–H groups in total. The van der Waals surface area contributed by atoms with Gasteiger partial charge in [0.2, 0.25) is 0 Å². The number of amides is 1. The summed E-state index contributed by atoms with van der Waals surface area (Å²) in [6.45, 7) is -0.686. The molecule has 98 valence electrons. The number of nitrogens with one attached hydrogen (secondary N) is 1. The van der Waals surface area contributed by atoms with Crippen LogP contribution in [0.1, 0.15) is 32.1 Å². The second-order valence-corrected chi connectivity index (χ2v) is 4.19. The largest absolute Gasteiger partial charge is 0.471 e. The van der Waals surface area contributed by atoms with Gasteiger partial charge in [0.1, 0.15) is 5.83 Å². The van der Waals surface area contributed by atoms with Crippen molar-refractivity contribution in [3.8, 4) is 0 Å². The monoisotopic (exact) mass is 253 g/mol. The van der Waals surface area contributed by atoms with Gasteiger partial charge in [-0.05, 0) is 24.8 Å². The summed E-state index contributed by atoms with van der Waals surface area (Å²) >= 11 is 0. The molecule has 2 nitrogen and oxygen atoms in total. The third-order valence-corrected chi connectivity index (χ3v) is 2.74. The average molecular weight is 253 g/mol. The van der Waals surface area contributed by atoms with E-state index >= 15 is 0 Å². The van der Waals surface area contributed by atoms with Crippen molar-refractivity contribution in [3.05, 3.63) is 11.9 Å². The van der Waals surface area contributed by atoms with E-state index in [2.05, 4.69) is 0 Å². The molecule has 1 fully saturated rings. The lowest BCUT2D eigenvalue weighted by Gasteiger charge is -2.18. The van der Waals surface area contributed by atoms with Crippen LogP contribution in [0.3, 0.4) is 0 Å². The van der Waals surface area contributed by atoms with E-state index in [1.165, 1.54) is 11.4 Å². The highest BCUT2D eigenvalue weighted by atomic mass is 19.4. The molecule has 0 aromatic rings. The van der Waals surface area contributed by atoms with E-state index in [1.807, 2.05) is 0 Å². The van der Waals surface area contributed by atoms with E-state index in [0.717, 1.165) is 32.1 Å². The Kier molecular flexibility index (Phi) is 4.96. The van der Waals surface area contributed by atoms with Crippen LogP contribution in [0, 0.1) is 5.92 Å². The molecule has 17 heavy (non-hydrogen) atoms. The Balaban J connectivity index is 2.35. The molecule has 0 aromatic carbocycles. The van der Waals surface area contributed by atoms with Crippen LogP contribution in [-0.2, 0) is 4.79 Å². The molecule has 0 unspecified atom stereocenters. The van der Waals surface area contributed by atoms with Gasteiger partial charge in [0.15, 0.2) is 0 Å². The molecular formula is C11H15F4NO. The summed E-state index contributed by atoms with van der Waals surface area (Å²) < 4.78 is 48.6. The highest BCUT2D eigenvalue weighted by molar-refractivity contribution is 5.81. The molecule has 0 heterocycles. The minimum atomic E-state index is -4.95. The Morgan fingerprint density at radius 2 is 1.82 bits per heavy atom. The number of rotatable bonds is 3. The van der Waals surface area contributed by atoms with E-state index in [-0.39, 0.29) is 5.92 Å². The van der Waals surface area contributed by atoms with Gasteiger partial charge in [-0.1, -0.05) is 19.3 Å². The van der Waals surface area contributed by atoms with E-state index in [9.17, 15) is 22.4 Å². The lowest BCUT2D eigenvalue weighted by molar-refractivity contribution is -0.173. The van der Waals surface area contributed by atoms with Gasteiger partial charge >= 0.3 is 12.1 Å². The molecule has 1 aliphatic rings. The van der Waals surface area contributed by atoms with Gasteiger partial charge < -0.3 is 5.32 Å². The highest BCUT2D eigenvalue weighted by Crippen LogP contribution is 2.25. The van der Waals surface area contributed by atoms with Crippen molar-refractivity contribution in [2.75, 3.05) is 6.54 Å². The average Bonchev–Trinajstić information content (AvgIpc) is 2.26. The van der Waals surface area contributed by atoms with Gasteiger partial charge in [0.05, 0.1) is 6.54 Å². The zero-order chi connectivity index (χ0) is 12.9. The summed E-state index contributed by atoms with van der Waals surface area (Å²) in [6, 6.07) is 0. The Bertz CT molecular complexity index is 292. The molecule has 1 saturated carbocycles. The molecule has 0 atom stereocenters. The quantitative estimate of drug-likeness (QED) is 0.769. The van der Waals surface area contributed by atoms with Crippen LogP contribution < -0.4 is 5.32 Å². The van der Waals surface area contributed by atoms with Crippen molar-refractivity contribution in [3.63, 3.8) is 0 Å². The number of hydrogen-bond donors (Lipinski definition) is 1. The SMILES string of the molecule is O=C(NC/C(F)=C/C1CCCCC1)C(F)(F)F. The van der Waals surface area contributed by atoms with Crippen molar-refractivity contribution in [2.45, 2.75) is 38.3 Å². The number of carbonyl (C=O) groups excluding carboxylic acids is 1. The van der Waals surface area contributed by atoms with Gasteiger partial charge in [0, 0.05) is 0 Å².